The Balaban J connectivity index is 2.04. The van der Waals surface area contributed by atoms with E-state index in [1.807, 2.05) is 31.2 Å². The predicted molar refractivity (Wildman–Crippen MR) is 71.4 cm³/mol. The fourth-order valence-electron chi connectivity index (χ4n) is 1.49. The molecule has 0 aliphatic carbocycles. The van der Waals surface area contributed by atoms with E-state index in [-0.39, 0.29) is 11.7 Å². The third-order valence-electron chi connectivity index (χ3n) is 2.58. The lowest BCUT2D eigenvalue weighted by Gasteiger charge is -2.03. The van der Waals surface area contributed by atoms with Crippen molar-refractivity contribution in [2.45, 2.75) is 6.92 Å². The molecule has 19 heavy (non-hydrogen) atoms. The fraction of sp³-hybridized carbons (Fsp3) is 0.143. The van der Waals surface area contributed by atoms with E-state index in [0.717, 1.165) is 11.3 Å². The van der Waals surface area contributed by atoms with E-state index in [2.05, 4.69) is 10.5 Å². The maximum Gasteiger partial charge on any atom is 0.307 e. The molecule has 0 saturated heterocycles. The van der Waals surface area contributed by atoms with E-state index in [1.54, 1.807) is 19.2 Å². The van der Waals surface area contributed by atoms with Gasteiger partial charge in [-0.2, -0.15) is 5.10 Å². The Morgan fingerprint density at radius 1 is 1.26 bits per heavy atom. The van der Waals surface area contributed by atoms with Gasteiger partial charge in [0.05, 0.1) is 19.1 Å². The molecule has 2 rings (SSSR count). The van der Waals surface area contributed by atoms with Gasteiger partial charge in [0.15, 0.2) is 5.76 Å². The molecule has 0 radical (unpaired) electrons. The normalized spacial score (nSPS) is 11.2. The maximum atomic E-state index is 11.6. The molecular formula is C14H14N2O3. The molecule has 1 aromatic carbocycles. The first-order valence-corrected chi connectivity index (χ1v) is 5.73. The summed E-state index contributed by atoms with van der Waals surface area (Å²) in [5, 5.41) is 4.02. The maximum absolute atomic E-state index is 11.6. The van der Waals surface area contributed by atoms with Gasteiger partial charge in [0, 0.05) is 0 Å². The van der Waals surface area contributed by atoms with E-state index >= 15 is 0 Å². The smallest absolute Gasteiger partial charge is 0.307 e. The summed E-state index contributed by atoms with van der Waals surface area (Å²) in [5.41, 5.74) is 4.04. The standard InChI is InChI=1S/C14H14N2O3/c1-10(11-5-7-12(18-2)8-6-11)15-16-14(17)13-4-3-9-19-13/h3-9H,1-2H3,(H,16,17)/b15-10-. The molecule has 0 saturated carbocycles. The highest BCUT2D eigenvalue weighted by Crippen LogP contribution is 2.11. The second-order valence-electron chi connectivity index (χ2n) is 3.84. The topological polar surface area (TPSA) is 63.8 Å². The lowest BCUT2D eigenvalue weighted by Crippen LogP contribution is -2.18. The highest BCUT2D eigenvalue weighted by Gasteiger charge is 2.07. The van der Waals surface area contributed by atoms with Crippen molar-refractivity contribution < 1.29 is 13.9 Å². The first-order chi connectivity index (χ1) is 9.20. The van der Waals surface area contributed by atoms with Crippen molar-refractivity contribution in [2.24, 2.45) is 5.10 Å². The molecule has 5 nitrogen and oxygen atoms in total. The minimum atomic E-state index is -0.377. The van der Waals surface area contributed by atoms with Crippen molar-refractivity contribution in [1.82, 2.24) is 5.43 Å². The quantitative estimate of drug-likeness (QED) is 0.676. The zero-order valence-electron chi connectivity index (χ0n) is 10.7. The molecule has 2 aromatic rings. The summed E-state index contributed by atoms with van der Waals surface area (Å²) in [6.45, 7) is 1.81. The number of carbonyl (C=O) groups is 1. The first-order valence-electron chi connectivity index (χ1n) is 5.73. The lowest BCUT2D eigenvalue weighted by molar-refractivity contribution is 0.0927. The molecule has 0 bridgehead atoms. The Kier molecular flexibility index (Phi) is 3.97. The molecule has 1 heterocycles. The van der Waals surface area contributed by atoms with Crippen LogP contribution in [0.15, 0.2) is 52.2 Å². The number of rotatable bonds is 4. The largest absolute Gasteiger partial charge is 0.497 e. The Hall–Kier alpha value is -2.56. The van der Waals surface area contributed by atoms with E-state index in [9.17, 15) is 4.79 Å². The summed E-state index contributed by atoms with van der Waals surface area (Å²) < 4.78 is 10.0. The van der Waals surface area contributed by atoms with Crippen molar-refractivity contribution in [2.75, 3.05) is 7.11 Å². The van der Waals surface area contributed by atoms with Gasteiger partial charge in [-0.3, -0.25) is 4.79 Å². The third-order valence-corrected chi connectivity index (χ3v) is 2.58. The van der Waals surface area contributed by atoms with Crippen molar-refractivity contribution in [3.8, 4) is 5.75 Å². The summed E-state index contributed by atoms with van der Waals surface area (Å²) in [4.78, 5) is 11.6. The van der Waals surface area contributed by atoms with E-state index < -0.39 is 0 Å². The van der Waals surface area contributed by atoms with Crippen molar-refractivity contribution in [3.05, 3.63) is 54.0 Å². The van der Waals surface area contributed by atoms with E-state index in [4.69, 9.17) is 9.15 Å². The molecule has 1 aromatic heterocycles. The number of hydrogen-bond donors (Lipinski definition) is 1. The second-order valence-corrected chi connectivity index (χ2v) is 3.84. The van der Waals surface area contributed by atoms with E-state index in [1.165, 1.54) is 6.26 Å². The van der Waals surface area contributed by atoms with Gasteiger partial charge in [-0.05, 0) is 48.9 Å². The minimum Gasteiger partial charge on any atom is -0.497 e. The number of benzene rings is 1. The molecule has 1 amide bonds. The zero-order chi connectivity index (χ0) is 13.7. The number of hydrogen-bond acceptors (Lipinski definition) is 4. The number of ether oxygens (including phenoxy) is 1. The van der Waals surface area contributed by atoms with Crippen LogP contribution in [0.2, 0.25) is 0 Å². The highest BCUT2D eigenvalue weighted by atomic mass is 16.5. The average Bonchev–Trinajstić information content (AvgIpc) is 2.98. The number of hydrazone groups is 1. The molecule has 0 aliphatic rings. The van der Waals surface area contributed by atoms with Gasteiger partial charge < -0.3 is 9.15 Å². The number of methoxy groups -OCH3 is 1. The predicted octanol–water partition coefficient (Wildman–Crippen LogP) is 2.44. The van der Waals surface area contributed by atoms with Crippen LogP contribution in [0.4, 0.5) is 0 Å². The SMILES string of the molecule is COc1ccc(/C(C)=N\NC(=O)c2ccco2)cc1. The number of amides is 1. The van der Waals surface area contributed by atoms with Crippen LogP contribution >= 0.6 is 0 Å². The van der Waals surface area contributed by atoms with Gasteiger partial charge in [-0.15, -0.1) is 0 Å². The first kappa shape index (κ1) is 12.9. The molecule has 0 spiro atoms. The van der Waals surface area contributed by atoms with Crippen molar-refractivity contribution in [3.63, 3.8) is 0 Å². The van der Waals surface area contributed by atoms with Gasteiger partial charge in [0.25, 0.3) is 0 Å². The molecule has 0 aliphatic heterocycles. The van der Waals surface area contributed by atoms with Gasteiger partial charge in [-0.1, -0.05) is 0 Å². The lowest BCUT2D eigenvalue weighted by atomic mass is 10.1. The molecule has 0 unspecified atom stereocenters. The third kappa shape index (κ3) is 3.22. The number of nitrogens with zero attached hydrogens (tertiary/aromatic N) is 1. The summed E-state index contributed by atoms with van der Waals surface area (Å²) in [5.74, 6) is 0.625. The molecular weight excluding hydrogens is 244 g/mol. The van der Waals surface area contributed by atoms with Crippen LogP contribution in [0, 0.1) is 0 Å². The summed E-state index contributed by atoms with van der Waals surface area (Å²) in [6.07, 6.45) is 1.44. The van der Waals surface area contributed by atoms with Crippen LogP contribution in [-0.4, -0.2) is 18.7 Å². The summed E-state index contributed by atoms with van der Waals surface area (Å²) >= 11 is 0. The van der Waals surface area contributed by atoms with E-state index in [0.29, 0.717) is 5.71 Å². The summed E-state index contributed by atoms with van der Waals surface area (Å²) in [7, 11) is 1.61. The Labute approximate surface area is 110 Å². The van der Waals surface area contributed by atoms with Crippen LogP contribution in [0.5, 0.6) is 5.75 Å². The average molecular weight is 258 g/mol. The highest BCUT2D eigenvalue weighted by molar-refractivity contribution is 6.00. The van der Waals surface area contributed by atoms with Crippen LogP contribution in [0.1, 0.15) is 23.0 Å². The van der Waals surface area contributed by atoms with Crippen LogP contribution < -0.4 is 10.2 Å². The fourth-order valence-corrected chi connectivity index (χ4v) is 1.49. The molecule has 0 atom stereocenters. The molecule has 0 fully saturated rings. The molecule has 1 N–H and O–H groups in total. The Morgan fingerprint density at radius 2 is 2.00 bits per heavy atom. The van der Waals surface area contributed by atoms with Gasteiger partial charge in [0.2, 0.25) is 0 Å². The van der Waals surface area contributed by atoms with Crippen molar-refractivity contribution >= 4 is 11.6 Å². The zero-order valence-corrected chi connectivity index (χ0v) is 10.7. The molecule has 5 heteroatoms. The number of nitrogens with one attached hydrogen (secondary N) is 1. The Bertz CT molecular complexity index is 571. The van der Waals surface area contributed by atoms with Crippen molar-refractivity contribution in [1.29, 1.82) is 0 Å². The second kappa shape index (κ2) is 5.86. The van der Waals surface area contributed by atoms with Crippen LogP contribution in [0.25, 0.3) is 0 Å². The van der Waals surface area contributed by atoms with Gasteiger partial charge >= 0.3 is 5.91 Å². The monoisotopic (exact) mass is 258 g/mol. The van der Waals surface area contributed by atoms with Gasteiger partial charge in [-0.25, -0.2) is 5.43 Å². The summed E-state index contributed by atoms with van der Waals surface area (Å²) in [6, 6.07) is 10.6. The molecule has 98 valence electrons. The Morgan fingerprint density at radius 3 is 2.58 bits per heavy atom. The number of carbonyl (C=O) groups excluding carboxylic acids is 1. The van der Waals surface area contributed by atoms with Crippen LogP contribution in [0.3, 0.4) is 0 Å². The number of furan rings is 1. The van der Waals surface area contributed by atoms with Crippen LogP contribution in [-0.2, 0) is 0 Å². The van der Waals surface area contributed by atoms with Gasteiger partial charge in [0.1, 0.15) is 5.75 Å². The minimum absolute atomic E-state index is 0.228.